The molecule has 0 atom stereocenters. The van der Waals surface area contributed by atoms with Gasteiger partial charge in [-0.15, -0.1) is 0 Å². The molecule has 0 aromatic heterocycles. The highest BCUT2D eigenvalue weighted by Crippen LogP contribution is 1.85. The normalized spacial score (nSPS) is 13.3. The molecule has 0 fully saturated rings. The van der Waals surface area contributed by atoms with Crippen LogP contribution in [0.4, 0.5) is 0 Å². The molecule has 0 spiro atoms. The van der Waals surface area contributed by atoms with Crippen molar-refractivity contribution in [3.63, 3.8) is 0 Å². The summed E-state index contributed by atoms with van der Waals surface area (Å²) in [4.78, 5) is 2.00. The monoisotopic (exact) mass is 283 g/mol. The molecule has 0 saturated heterocycles. The van der Waals surface area contributed by atoms with Gasteiger partial charge in [0.25, 0.3) is 0 Å². The molecule has 2 nitrogen and oxygen atoms in total. The zero-order chi connectivity index (χ0) is 15.8. The van der Waals surface area contributed by atoms with Gasteiger partial charge in [0, 0.05) is 20.2 Å². The minimum Gasteiger partial charge on any atom is -0.383 e. The summed E-state index contributed by atoms with van der Waals surface area (Å²) in [7, 11) is 8.00. The molecule has 0 aliphatic rings. The van der Waals surface area contributed by atoms with E-state index in [-0.39, 0.29) is 0 Å². The average molecular weight is 283 g/mol. The minimum absolute atomic E-state index is 2.00. The summed E-state index contributed by atoms with van der Waals surface area (Å²) in [6.45, 7) is 0. The van der Waals surface area contributed by atoms with Crippen LogP contribution in [0.2, 0.25) is 0 Å². The Bertz CT molecular complexity index is 478. The lowest BCUT2D eigenvalue weighted by molar-refractivity contribution is -0.458. The molecule has 0 aliphatic carbocycles. The van der Waals surface area contributed by atoms with E-state index in [4.69, 9.17) is 0 Å². The lowest BCUT2D eigenvalue weighted by Crippen LogP contribution is -1.99. The van der Waals surface area contributed by atoms with Crippen LogP contribution in [0.3, 0.4) is 0 Å². The molecule has 112 valence electrons. The molecular weight excluding hydrogens is 256 g/mol. The van der Waals surface area contributed by atoms with Gasteiger partial charge in [-0.05, 0) is 12.3 Å². The highest BCUT2D eigenvalue weighted by Gasteiger charge is 1.73. The van der Waals surface area contributed by atoms with Gasteiger partial charge in [-0.1, -0.05) is 66.8 Å². The standard InChI is InChI=1S/C19H27N2/c1-20(2)18-16-14-12-10-8-6-5-7-9-11-13-15-17-19-21(3)4/h5-19H,1-4H3/q+1. The fourth-order valence-corrected chi connectivity index (χ4v) is 1.15. The second-order valence-electron chi connectivity index (χ2n) is 4.73. The molecule has 0 aliphatic heterocycles. The van der Waals surface area contributed by atoms with Gasteiger partial charge in [0.15, 0.2) is 6.21 Å². The van der Waals surface area contributed by atoms with Crippen molar-refractivity contribution in [3.8, 4) is 0 Å². The van der Waals surface area contributed by atoms with Crippen LogP contribution in [-0.4, -0.2) is 43.9 Å². The number of hydrogen-bond acceptors (Lipinski definition) is 1. The molecule has 0 N–H and O–H groups in total. The van der Waals surface area contributed by atoms with E-state index in [1.54, 1.807) is 0 Å². The van der Waals surface area contributed by atoms with Gasteiger partial charge in [0.2, 0.25) is 0 Å². The number of nitrogens with zero attached hydrogens (tertiary/aromatic N) is 2. The van der Waals surface area contributed by atoms with E-state index in [1.807, 2.05) is 129 Å². The third kappa shape index (κ3) is 17.6. The fraction of sp³-hybridized carbons (Fsp3) is 0.211. The summed E-state index contributed by atoms with van der Waals surface area (Å²) in [6, 6.07) is 0. The van der Waals surface area contributed by atoms with E-state index in [0.29, 0.717) is 0 Å². The Hall–Kier alpha value is -2.35. The quantitative estimate of drug-likeness (QED) is 0.374. The molecule has 0 aromatic carbocycles. The van der Waals surface area contributed by atoms with Crippen LogP contribution in [0.5, 0.6) is 0 Å². The van der Waals surface area contributed by atoms with E-state index < -0.39 is 0 Å². The molecule has 0 unspecified atom stereocenters. The zero-order valence-electron chi connectivity index (χ0n) is 13.6. The molecule has 0 heterocycles. The maximum absolute atomic E-state index is 2.00. The smallest absolute Gasteiger partial charge is 0.162 e. The third-order valence-electron chi connectivity index (χ3n) is 2.10. The summed E-state index contributed by atoms with van der Waals surface area (Å²) < 4.78 is 2.00. The van der Waals surface area contributed by atoms with Gasteiger partial charge >= 0.3 is 0 Å². The summed E-state index contributed by atoms with van der Waals surface area (Å²) in [5, 5.41) is 0. The molecule has 2 heteroatoms. The van der Waals surface area contributed by atoms with Gasteiger partial charge in [-0.2, -0.15) is 0 Å². The van der Waals surface area contributed by atoms with E-state index in [1.165, 1.54) is 0 Å². The van der Waals surface area contributed by atoms with Gasteiger partial charge in [-0.25, -0.2) is 4.58 Å². The lowest BCUT2D eigenvalue weighted by Gasteiger charge is -2.00. The summed E-state index contributed by atoms with van der Waals surface area (Å²) in [5.41, 5.74) is 0. The van der Waals surface area contributed by atoms with Crippen LogP contribution in [0.25, 0.3) is 0 Å². The second kappa shape index (κ2) is 14.1. The summed E-state index contributed by atoms with van der Waals surface area (Å²) in [6.07, 6.45) is 30.0. The number of rotatable bonds is 8. The molecule has 0 radical (unpaired) electrons. The van der Waals surface area contributed by atoms with Crippen molar-refractivity contribution in [2.75, 3.05) is 28.2 Å². The van der Waals surface area contributed by atoms with E-state index in [2.05, 4.69) is 0 Å². The molecule has 0 bridgehead atoms. The molecule has 0 amide bonds. The largest absolute Gasteiger partial charge is 0.383 e. The van der Waals surface area contributed by atoms with Crippen LogP contribution >= 0.6 is 0 Å². The molecule has 21 heavy (non-hydrogen) atoms. The van der Waals surface area contributed by atoms with Crippen molar-refractivity contribution in [1.82, 2.24) is 4.90 Å². The molecule has 0 saturated carbocycles. The van der Waals surface area contributed by atoms with Crippen molar-refractivity contribution in [2.24, 2.45) is 0 Å². The van der Waals surface area contributed by atoms with E-state index in [0.717, 1.165) is 0 Å². The second-order valence-corrected chi connectivity index (χ2v) is 4.73. The number of allylic oxidation sites excluding steroid dienone is 13. The first kappa shape index (κ1) is 18.7. The number of hydrogen-bond donors (Lipinski definition) is 0. The Morgan fingerprint density at radius 1 is 0.524 bits per heavy atom. The molecule has 0 aromatic rings. The van der Waals surface area contributed by atoms with Gasteiger partial charge in [-0.3, -0.25) is 0 Å². The first-order valence-electron chi connectivity index (χ1n) is 6.97. The third-order valence-corrected chi connectivity index (χ3v) is 2.10. The predicted molar refractivity (Wildman–Crippen MR) is 95.8 cm³/mol. The fourth-order valence-electron chi connectivity index (χ4n) is 1.15. The Balaban J connectivity index is 3.90. The van der Waals surface area contributed by atoms with Gasteiger partial charge in [0.05, 0.1) is 0 Å². The van der Waals surface area contributed by atoms with Crippen LogP contribution in [0.15, 0.2) is 85.2 Å². The SMILES string of the molecule is CN(C)/C=C/C=C/C=C/C=C/C=C/C=C/C=C/C=[N+](C)C. The van der Waals surface area contributed by atoms with Crippen molar-refractivity contribution in [2.45, 2.75) is 0 Å². The predicted octanol–water partition coefficient (Wildman–Crippen LogP) is 3.74. The van der Waals surface area contributed by atoms with E-state index >= 15 is 0 Å². The van der Waals surface area contributed by atoms with Crippen molar-refractivity contribution in [3.05, 3.63) is 85.2 Å². The summed E-state index contributed by atoms with van der Waals surface area (Å²) >= 11 is 0. The van der Waals surface area contributed by atoms with Crippen LogP contribution in [0.1, 0.15) is 0 Å². The highest BCUT2D eigenvalue weighted by molar-refractivity contribution is 5.66. The first-order valence-corrected chi connectivity index (χ1v) is 6.97. The van der Waals surface area contributed by atoms with E-state index in [9.17, 15) is 0 Å². The average Bonchev–Trinajstić information content (AvgIpc) is 2.42. The Morgan fingerprint density at radius 3 is 1.19 bits per heavy atom. The van der Waals surface area contributed by atoms with Crippen molar-refractivity contribution in [1.29, 1.82) is 0 Å². The Labute approximate surface area is 129 Å². The van der Waals surface area contributed by atoms with Crippen LogP contribution in [-0.2, 0) is 0 Å². The molecular formula is C19H27N2+. The first-order chi connectivity index (χ1) is 10.1. The zero-order valence-corrected chi connectivity index (χ0v) is 13.6. The Morgan fingerprint density at radius 2 is 0.857 bits per heavy atom. The lowest BCUT2D eigenvalue weighted by atomic mass is 10.3. The maximum Gasteiger partial charge on any atom is 0.162 e. The maximum atomic E-state index is 2.00. The van der Waals surface area contributed by atoms with Crippen molar-refractivity contribution >= 4 is 6.21 Å². The van der Waals surface area contributed by atoms with Crippen LogP contribution in [0, 0.1) is 0 Å². The van der Waals surface area contributed by atoms with Crippen LogP contribution < -0.4 is 0 Å². The minimum atomic E-state index is 2.00. The highest BCUT2D eigenvalue weighted by atomic mass is 15.0. The topological polar surface area (TPSA) is 6.25 Å². The Kier molecular flexibility index (Phi) is 12.5. The van der Waals surface area contributed by atoms with Gasteiger partial charge < -0.3 is 4.90 Å². The summed E-state index contributed by atoms with van der Waals surface area (Å²) in [5.74, 6) is 0. The van der Waals surface area contributed by atoms with Gasteiger partial charge in [0.1, 0.15) is 14.1 Å². The van der Waals surface area contributed by atoms with Crippen molar-refractivity contribution < 1.29 is 4.58 Å². The molecule has 0 rings (SSSR count).